The standard InChI is InChI=1S/C21H35N5O3/c1-7-21(8-2,26-19(28)29-20(3,4)5)14-25-18(23-6)24-13-15-10-9-11-16(12-15)17(22)27/h9-12H,7-8,13-14H2,1-6H3,(H2,22,27)(H,26,28)(H2,23,24,25). The number of amides is 2. The number of carbonyl (C=O) groups excluding carboxylic acids is 2. The van der Waals surface area contributed by atoms with Gasteiger partial charge in [0.25, 0.3) is 0 Å². The summed E-state index contributed by atoms with van der Waals surface area (Å²) in [6, 6.07) is 7.11. The number of nitrogens with two attached hydrogens (primary N) is 1. The zero-order valence-corrected chi connectivity index (χ0v) is 18.4. The molecule has 0 aliphatic carbocycles. The summed E-state index contributed by atoms with van der Waals surface area (Å²) in [4.78, 5) is 27.8. The summed E-state index contributed by atoms with van der Waals surface area (Å²) in [7, 11) is 1.68. The van der Waals surface area contributed by atoms with Crippen molar-refractivity contribution < 1.29 is 14.3 Å². The number of nitrogens with one attached hydrogen (secondary N) is 3. The molecule has 162 valence electrons. The number of benzene rings is 1. The first-order chi connectivity index (χ1) is 13.5. The molecular weight excluding hydrogens is 370 g/mol. The Kier molecular flexibility index (Phi) is 8.94. The molecule has 0 bridgehead atoms. The van der Waals surface area contributed by atoms with Crippen LogP contribution in [-0.2, 0) is 11.3 Å². The maximum absolute atomic E-state index is 12.3. The van der Waals surface area contributed by atoms with Crippen molar-refractivity contribution in [3.05, 3.63) is 35.4 Å². The Morgan fingerprint density at radius 2 is 1.79 bits per heavy atom. The largest absolute Gasteiger partial charge is 0.444 e. The van der Waals surface area contributed by atoms with Crippen LogP contribution in [0.25, 0.3) is 0 Å². The maximum Gasteiger partial charge on any atom is 0.408 e. The van der Waals surface area contributed by atoms with Crippen LogP contribution in [0.2, 0.25) is 0 Å². The van der Waals surface area contributed by atoms with Crippen molar-refractivity contribution in [2.45, 2.75) is 65.1 Å². The Balaban J connectivity index is 2.71. The first-order valence-corrected chi connectivity index (χ1v) is 9.88. The predicted octanol–water partition coefficient (Wildman–Crippen LogP) is 2.53. The topological polar surface area (TPSA) is 118 Å². The third-order valence-electron chi connectivity index (χ3n) is 4.61. The molecule has 0 radical (unpaired) electrons. The number of ether oxygens (including phenoxy) is 1. The summed E-state index contributed by atoms with van der Waals surface area (Å²) >= 11 is 0. The average molecular weight is 406 g/mol. The summed E-state index contributed by atoms with van der Waals surface area (Å²) in [5.41, 5.74) is 5.68. The van der Waals surface area contributed by atoms with Crippen molar-refractivity contribution in [2.75, 3.05) is 13.6 Å². The Bertz CT molecular complexity index is 721. The lowest BCUT2D eigenvalue weighted by molar-refractivity contribution is 0.0448. The quantitative estimate of drug-likeness (QED) is 0.392. The summed E-state index contributed by atoms with van der Waals surface area (Å²) in [6.07, 6.45) is 1.02. The van der Waals surface area contributed by atoms with E-state index in [4.69, 9.17) is 10.5 Å². The van der Waals surface area contributed by atoms with Gasteiger partial charge in [0.2, 0.25) is 5.91 Å². The van der Waals surface area contributed by atoms with Gasteiger partial charge in [0.1, 0.15) is 5.60 Å². The molecule has 8 heteroatoms. The van der Waals surface area contributed by atoms with Gasteiger partial charge in [-0.25, -0.2) is 4.79 Å². The van der Waals surface area contributed by atoms with Crippen molar-refractivity contribution in [3.8, 4) is 0 Å². The van der Waals surface area contributed by atoms with Gasteiger partial charge in [-0.3, -0.25) is 9.79 Å². The van der Waals surface area contributed by atoms with Crippen molar-refractivity contribution in [1.29, 1.82) is 0 Å². The van der Waals surface area contributed by atoms with Gasteiger partial charge in [-0.15, -0.1) is 0 Å². The summed E-state index contributed by atoms with van der Waals surface area (Å²) in [6.45, 7) is 10.5. The van der Waals surface area contributed by atoms with Gasteiger partial charge in [0.15, 0.2) is 5.96 Å². The van der Waals surface area contributed by atoms with E-state index in [2.05, 4.69) is 20.9 Å². The zero-order chi connectivity index (χ0) is 22.1. The number of rotatable bonds is 8. The van der Waals surface area contributed by atoms with E-state index in [9.17, 15) is 9.59 Å². The molecule has 1 aromatic carbocycles. The number of guanidine groups is 1. The molecule has 2 amide bonds. The Morgan fingerprint density at radius 3 is 2.31 bits per heavy atom. The maximum atomic E-state index is 12.3. The molecule has 0 fully saturated rings. The van der Waals surface area contributed by atoms with Gasteiger partial charge in [-0.05, 0) is 51.3 Å². The second-order valence-electron chi connectivity index (χ2n) is 7.96. The van der Waals surface area contributed by atoms with Gasteiger partial charge >= 0.3 is 6.09 Å². The highest BCUT2D eigenvalue weighted by molar-refractivity contribution is 5.92. The minimum Gasteiger partial charge on any atom is -0.444 e. The normalized spacial score (nSPS) is 12.3. The highest BCUT2D eigenvalue weighted by Gasteiger charge is 2.30. The van der Waals surface area contributed by atoms with Gasteiger partial charge in [-0.1, -0.05) is 26.0 Å². The van der Waals surface area contributed by atoms with Crippen LogP contribution >= 0.6 is 0 Å². The highest BCUT2D eigenvalue weighted by Crippen LogP contribution is 2.16. The smallest absolute Gasteiger partial charge is 0.408 e. The van der Waals surface area contributed by atoms with Crippen LogP contribution < -0.4 is 21.7 Å². The summed E-state index contributed by atoms with van der Waals surface area (Å²) in [5.74, 6) is 0.130. The molecule has 1 rings (SSSR count). The van der Waals surface area contributed by atoms with E-state index in [-0.39, 0.29) is 0 Å². The first-order valence-electron chi connectivity index (χ1n) is 9.88. The first kappa shape index (κ1) is 24.3. The van der Waals surface area contributed by atoms with Gasteiger partial charge in [0.05, 0.1) is 5.54 Å². The fraction of sp³-hybridized carbons (Fsp3) is 0.571. The van der Waals surface area contributed by atoms with Crippen molar-refractivity contribution in [2.24, 2.45) is 10.7 Å². The number of nitrogens with zero attached hydrogens (tertiary/aromatic N) is 1. The van der Waals surface area contributed by atoms with E-state index in [0.717, 1.165) is 18.4 Å². The molecule has 0 heterocycles. The van der Waals surface area contributed by atoms with Crippen LogP contribution in [0.5, 0.6) is 0 Å². The molecule has 0 spiro atoms. The second-order valence-corrected chi connectivity index (χ2v) is 7.96. The lowest BCUT2D eigenvalue weighted by Gasteiger charge is -2.34. The minimum absolute atomic E-state index is 0.436. The van der Waals surface area contributed by atoms with Crippen LogP contribution in [-0.4, -0.2) is 42.7 Å². The molecule has 1 aromatic rings. The molecule has 0 saturated carbocycles. The highest BCUT2D eigenvalue weighted by atomic mass is 16.6. The molecule has 8 nitrogen and oxygen atoms in total. The lowest BCUT2D eigenvalue weighted by Crippen LogP contribution is -2.57. The van der Waals surface area contributed by atoms with Crippen LogP contribution in [0.15, 0.2) is 29.3 Å². The SMILES string of the molecule is CCC(CC)(CNC(=NC)NCc1cccc(C(N)=O)c1)NC(=O)OC(C)(C)C. The molecule has 0 atom stereocenters. The van der Waals surface area contributed by atoms with Crippen LogP contribution in [0.4, 0.5) is 4.79 Å². The number of carbonyl (C=O) groups is 2. The molecule has 0 aromatic heterocycles. The van der Waals surface area contributed by atoms with Crippen molar-refractivity contribution in [3.63, 3.8) is 0 Å². The predicted molar refractivity (Wildman–Crippen MR) is 116 cm³/mol. The molecule has 29 heavy (non-hydrogen) atoms. The van der Waals surface area contributed by atoms with E-state index in [1.54, 1.807) is 25.2 Å². The van der Waals surface area contributed by atoms with Crippen LogP contribution in [0.1, 0.15) is 63.4 Å². The number of aliphatic imine (C=N–C) groups is 1. The van der Waals surface area contributed by atoms with Crippen molar-refractivity contribution >= 4 is 18.0 Å². The van der Waals surface area contributed by atoms with E-state index in [0.29, 0.717) is 24.6 Å². The van der Waals surface area contributed by atoms with E-state index >= 15 is 0 Å². The third kappa shape index (κ3) is 8.41. The van der Waals surface area contributed by atoms with Gasteiger partial charge in [0, 0.05) is 25.7 Å². The van der Waals surface area contributed by atoms with Gasteiger partial charge < -0.3 is 26.4 Å². The van der Waals surface area contributed by atoms with E-state index < -0.39 is 23.1 Å². The Hall–Kier alpha value is -2.77. The lowest BCUT2D eigenvalue weighted by atomic mass is 9.93. The molecule has 0 aliphatic heterocycles. The van der Waals surface area contributed by atoms with E-state index in [1.165, 1.54) is 0 Å². The van der Waals surface area contributed by atoms with Gasteiger partial charge in [-0.2, -0.15) is 0 Å². The molecule has 0 unspecified atom stereocenters. The summed E-state index contributed by atoms with van der Waals surface area (Å²) < 4.78 is 5.40. The zero-order valence-electron chi connectivity index (χ0n) is 18.4. The Morgan fingerprint density at radius 1 is 1.14 bits per heavy atom. The monoisotopic (exact) mass is 405 g/mol. The fourth-order valence-electron chi connectivity index (χ4n) is 2.73. The molecule has 5 N–H and O–H groups in total. The minimum atomic E-state index is -0.554. The summed E-state index contributed by atoms with van der Waals surface area (Å²) in [5, 5.41) is 9.47. The number of alkyl carbamates (subject to hydrolysis) is 1. The van der Waals surface area contributed by atoms with E-state index in [1.807, 2.05) is 40.7 Å². The number of hydrogen-bond acceptors (Lipinski definition) is 4. The average Bonchev–Trinajstić information content (AvgIpc) is 2.65. The molecule has 0 aliphatic rings. The second kappa shape index (κ2) is 10.7. The third-order valence-corrected chi connectivity index (χ3v) is 4.61. The number of primary amides is 1. The fourth-order valence-corrected chi connectivity index (χ4v) is 2.73. The Labute approximate surface area is 173 Å². The van der Waals surface area contributed by atoms with Crippen LogP contribution in [0.3, 0.4) is 0 Å². The molecule has 0 saturated heterocycles. The van der Waals surface area contributed by atoms with Crippen LogP contribution in [0, 0.1) is 0 Å². The van der Waals surface area contributed by atoms with Crippen molar-refractivity contribution in [1.82, 2.24) is 16.0 Å². The number of hydrogen-bond donors (Lipinski definition) is 4. The molecular formula is C21H35N5O3.